The lowest BCUT2D eigenvalue weighted by atomic mass is 9.68. The molecule has 2 nitrogen and oxygen atoms in total. The molecule has 0 aliphatic heterocycles. The highest BCUT2D eigenvalue weighted by Gasteiger charge is 2.58. The van der Waals surface area contributed by atoms with Crippen LogP contribution in [0.3, 0.4) is 0 Å². The maximum absolute atomic E-state index is 3.87. The highest BCUT2D eigenvalue weighted by molar-refractivity contribution is 5.11. The van der Waals surface area contributed by atoms with Crippen molar-refractivity contribution in [1.29, 1.82) is 0 Å². The lowest BCUT2D eigenvalue weighted by Gasteiger charge is -2.43. The Hall–Kier alpha value is -0.0800. The zero-order valence-electron chi connectivity index (χ0n) is 12.3. The predicted octanol–water partition coefficient (Wildman–Crippen LogP) is 2.74. The van der Waals surface area contributed by atoms with E-state index in [1.165, 1.54) is 38.8 Å². The molecule has 0 saturated heterocycles. The summed E-state index contributed by atoms with van der Waals surface area (Å²) in [5.74, 6) is 0.957. The summed E-state index contributed by atoms with van der Waals surface area (Å²) in [5, 5.41) is 3.87. The van der Waals surface area contributed by atoms with Gasteiger partial charge < -0.3 is 10.2 Å². The van der Waals surface area contributed by atoms with Gasteiger partial charge in [-0.05, 0) is 69.6 Å². The topological polar surface area (TPSA) is 15.3 Å². The summed E-state index contributed by atoms with van der Waals surface area (Å²) < 4.78 is 0. The van der Waals surface area contributed by atoms with Crippen molar-refractivity contribution >= 4 is 0 Å². The predicted molar refractivity (Wildman–Crippen MR) is 74.2 cm³/mol. The van der Waals surface area contributed by atoms with Crippen molar-refractivity contribution < 1.29 is 0 Å². The van der Waals surface area contributed by atoms with Gasteiger partial charge in [0.15, 0.2) is 0 Å². The molecule has 0 aromatic heterocycles. The van der Waals surface area contributed by atoms with Crippen molar-refractivity contribution in [3.8, 4) is 0 Å². The third-order valence-electron chi connectivity index (χ3n) is 5.40. The van der Waals surface area contributed by atoms with E-state index in [1.807, 2.05) is 0 Å². The van der Waals surface area contributed by atoms with Crippen LogP contribution in [0.5, 0.6) is 0 Å². The first-order valence-electron chi connectivity index (χ1n) is 7.24. The molecule has 2 heteroatoms. The molecule has 0 aromatic rings. The molecule has 2 aliphatic rings. The lowest BCUT2D eigenvalue weighted by molar-refractivity contribution is 0.109. The zero-order chi connectivity index (χ0) is 12.7. The van der Waals surface area contributed by atoms with Crippen LogP contribution >= 0.6 is 0 Å². The Morgan fingerprint density at radius 3 is 2.47 bits per heavy atom. The SMILES string of the molecule is CN(C)CCCNC1C(C)(C)[C@H]2CC[C@]1(C)C2. The van der Waals surface area contributed by atoms with E-state index >= 15 is 0 Å². The fourth-order valence-corrected chi connectivity index (χ4v) is 4.45. The molecule has 3 atom stereocenters. The van der Waals surface area contributed by atoms with Crippen LogP contribution in [0.15, 0.2) is 0 Å². The molecule has 0 heterocycles. The first-order valence-corrected chi connectivity index (χ1v) is 7.24. The Labute approximate surface area is 107 Å². The van der Waals surface area contributed by atoms with Crippen LogP contribution in [0, 0.1) is 16.7 Å². The molecule has 1 unspecified atom stereocenters. The minimum absolute atomic E-state index is 0.505. The Balaban J connectivity index is 1.87. The van der Waals surface area contributed by atoms with Gasteiger partial charge in [0.1, 0.15) is 0 Å². The second-order valence-electron chi connectivity index (χ2n) is 7.46. The number of nitrogens with zero attached hydrogens (tertiary/aromatic N) is 1. The van der Waals surface area contributed by atoms with E-state index in [4.69, 9.17) is 0 Å². The van der Waals surface area contributed by atoms with Crippen LogP contribution in [0.2, 0.25) is 0 Å². The Kier molecular flexibility index (Phi) is 3.57. The van der Waals surface area contributed by atoms with Crippen LogP contribution in [-0.2, 0) is 0 Å². The van der Waals surface area contributed by atoms with Crippen LogP contribution in [0.4, 0.5) is 0 Å². The van der Waals surface area contributed by atoms with Gasteiger partial charge in [-0.15, -0.1) is 0 Å². The molecule has 0 radical (unpaired) electrons. The molecule has 2 bridgehead atoms. The third-order valence-corrected chi connectivity index (χ3v) is 5.40. The van der Waals surface area contributed by atoms with Gasteiger partial charge in [-0.3, -0.25) is 0 Å². The van der Waals surface area contributed by atoms with E-state index < -0.39 is 0 Å². The van der Waals surface area contributed by atoms with E-state index in [9.17, 15) is 0 Å². The first kappa shape index (κ1) is 13.4. The Bertz CT molecular complexity index is 267. The second-order valence-corrected chi connectivity index (χ2v) is 7.46. The number of hydrogen-bond donors (Lipinski definition) is 1. The molecule has 2 saturated carbocycles. The average molecular weight is 238 g/mol. The molecular weight excluding hydrogens is 208 g/mol. The standard InChI is InChI=1S/C15H30N2/c1-14(2)12-7-8-15(3,11-12)13(14)16-9-6-10-17(4)5/h12-13,16H,6-11H2,1-5H3/t12-,13?,15+/m0/s1. The van der Waals surface area contributed by atoms with E-state index in [0.717, 1.165) is 12.0 Å². The molecule has 100 valence electrons. The molecule has 17 heavy (non-hydrogen) atoms. The minimum Gasteiger partial charge on any atom is -0.313 e. The van der Waals surface area contributed by atoms with E-state index in [-0.39, 0.29) is 0 Å². The van der Waals surface area contributed by atoms with Gasteiger partial charge in [0.2, 0.25) is 0 Å². The van der Waals surface area contributed by atoms with Crippen LogP contribution < -0.4 is 5.32 Å². The van der Waals surface area contributed by atoms with E-state index in [0.29, 0.717) is 10.8 Å². The fraction of sp³-hybridized carbons (Fsp3) is 1.00. The van der Waals surface area contributed by atoms with E-state index in [2.05, 4.69) is 45.1 Å². The average Bonchev–Trinajstić information content (AvgIpc) is 2.67. The van der Waals surface area contributed by atoms with Gasteiger partial charge in [0.25, 0.3) is 0 Å². The normalized spacial score (nSPS) is 39.2. The zero-order valence-corrected chi connectivity index (χ0v) is 12.3. The number of fused-ring (bicyclic) bond motifs is 2. The smallest absolute Gasteiger partial charge is 0.0175 e. The first-order chi connectivity index (χ1) is 7.86. The summed E-state index contributed by atoms with van der Waals surface area (Å²) in [4.78, 5) is 2.27. The number of nitrogens with one attached hydrogen (secondary N) is 1. The molecular formula is C15H30N2. The molecule has 2 aliphatic carbocycles. The summed E-state index contributed by atoms with van der Waals surface area (Å²) >= 11 is 0. The summed E-state index contributed by atoms with van der Waals surface area (Å²) in [6, 6.07) is 0.732. The second kappa shape index (κ2) is 4.55. The maximum atomic E-state index is 3.87. The van der Waals surface area contributed by atoms with Crippen molar-refractivity contribution in [3.05, 3.63) is 0 Å². The van der Waals surface area contributed by atoms with E-state index in [1.54, 1.807) is 0 Å². The van der Waals surface area contributed by atoms with Gasteiger partial charge in [-0.2, -0.15) is 0 Å². The molecule has 0 aromatic carbocycles. The van der Waals surface area contributed by atoms with Crippen molar-refractivity contribution in [2.24, 2.45) is 16.7 Å². The van der Waals surface area contributed by atoms with Gasteiger partial charge >= 0.3 is 0 Å². The lowest BCUT2D eigenvalue weighted by Crippen LogP contribution is -2.50. The van der Waals surface area contributed by atoms with Crippen LogP contribution in [0.25, 0.3) is 0 Å². The fourth-order valence-electron chi connectivity index (χ4n) is 4.45. The third kappa shape index (κ3) is 2.39. The van der Waals surface area contributed by atoms with Crippen LogP contribution in [0.1, 0.15) is 46.5 Å². The summed E-state index contributed by atoms with van der Waals surface area (Å²) in [6.45, 7) is 9.83. The molecule has 2 rings (SSSR count). The highest BCUT2D eigenvalue weighted by Crippen LogP contribution is 2.62. The van der Waals surface area contributed by atoms with Crippen LogP contribution in [-0.4, -0.2) is 38.1 Å². The highest BCUT2D eigenvalue weighted by atomic mass is 15.1. The maximum Gasteiger partial charge on any atom is 0.0175 e. The minimum atomic E-state index is 0.505. The van der Waals surface area contributed by atoms with Crippen molar-refractivity contribution in [2.45, 2.75) is 52.5 Å². The molecule has 1 N–H and O–H groups in total. The largest absolute Gasteiger partial charge is 0.313 e. The summed E-state index contributed by atoms with van der Waals surface area (Å²) in [6.07, 6.45) is 5.61. The van der Waals surface area contributed by atoms with Gasteiger partial charge in [0, 0.05) is 6.04 Å². The van der Waals surface area contributed by atoms with Gasteiger partial charge in [0.05, 0.1) is 0 Å². The molecule has 2 fully saturated rings. The summed E-state index contributed by atoms with van der Waals surface area (Å²) in [7, 11) is 4.31. The van der Waals surface area contributed by atoms with Crippen molar-refractivity contribution in [1.82, 2.24) is 10.2 Å². The van der Waals surface area contributed by atoms with Gasteiger partial charge in [-0.25, -0.2) is 0 Å². The summed E-state index contributed by atoms with van der Waals surface area (Å²) in [5.41, 5.74) is 1.08. The molecule has 0 spiro atoms. The quantitative estimate of drug-likeness (QED) is 0.741. The van der Waals surface area contributed by atoms with Crippen molar-refractivity contribution in [3.63, 3.8) is 0 Å². The van der Waals surface area contributed by atoms with Gasteiger partial charge in [-0.1, -0.05) is 20.8 Å². The monoisotopic (exact) mass is 238 g/mol. The number of rotatable bonds is 5. The number of hydrogen-bond acceptors (Lipinski definition) is 2. The Morgan fingerprint density at radius 2 is 1.94 bits per heavy atom. The molecule has 0 amide bonds. The van der Waals surface area contributed by atoms with Crippen molar-refractivity contribution in [2.75, 3.05) is 27.2 Å². The Morgan fingerprint density at radius 1 is 1.24 bits per heavy atom.